The fourth-order valence-electron chi connectivity index (χ4n) is 1.03. The Morgan fingerprint density at radius 1 is 1.25 bits per heavy atom. The monoisotopic (exact) mass is 166 g/mol. The van der Waals surface area contributed by atoms with E-state index in [0.29, 0.717) is 5.84 Å². The summed E-state index contributed by atoms with van der Waals surface area (Å²) in [6, 6.07) is 0. The molecule has 0 bridgehead atoms. The van der Waals surface area contributed by atoms with Gasteiger partial charge in [0, 0.05) is 6.20 Å². The lowest BCUT2D eigenvalue weighted by Gasteiger charge is -1.74. The molecule has 0 aliphatic carbocycles. The molecule has 2 aromatic heterocycles. The predicted octanol–water partition coefficient (Wildman–Crippen LogP) is 2.57. The number of hydrogen-bond acceptors (Lipinski definition) is 2. The van der Waals surface area contributed by atoms with Crippen LogP contribution in [0.2, 0.25) is 0 Å². The zero-order chi connectivity index (χ0) is 9.14. The molecule has 2 heterocycles. The van der Waals surface area contributed by atoms with Crippen molar-refractivity contribution in [1.29, 1.82) is 0 Å². The van der Waals surface area contributed by atoms with Crippen molar-refractivity contribution in [2.24, 2.45) is 0 Å². The van der Waals surface area contributed by atoms with Crippen molar-refractivity contribution < 1.29 is 4.42 Å². The number of hydrogen-bond donors (Lipinski definition) is 0. The molecule has 0 unspecified atom stereocenters. The van der Waals surface area contributed by atoms with E-state index in [1.54, 1.807) is 0 Å². The molecule has 0 fully saturated rings. The van der Waals surface area contributed by atoms with Crippen LogP contribution in [0.25, 0.3) is 5.84 Å². The van der Waals surface area contributed by atoms with E-state index in [4.69, 9.17) is 4.42 Å². The van der Waals surface area contributed by atoms with Gasteiger partial charge in [0.05, 0.1) is 11.9 Å². The van der Waals surface area contributed by atoms with Crippen molar-refractivity contribution in [3.05, 3.63) is 23.8 Å². The third kappa shape index (κ3) is 1.49. The van der Waals surface area contributed by atoms with Crippen LogP contribution in [-0.4, -0.2) is 9.38 Å². The van der Waals surface area contributed by atoms with Crippen LogP contribution in [-0.2, 0) is 0 Å². The Labute approximate surface area is 72.0 Å². The van der Waals surface area contributed by atoms with Crippen molar-refractivity contribution in [2.45, 2.75) is 27.7 Å². The van der Waals surface area contributed by atoms with Crippen molar-refractivity contribution in [1.82, 2.24) is 9.38 Å². The average molecular weight is 166 g/mol. The van der Waals surface area contributed by atoms with Crippen LogP contribution >= 0.6 is 0 Å². The highest BCUT2D eigenvalue weighted by atomic mass is 16.4. The lowest BCUT2D eigenvalue weighted by Crippen LogP contribution is -1.68. The number of rotatable bonds is 0. The first-order valence-electron chi connectivity index (χ1n) is 4.17. The molecule has 2 aromatic rings. The second-order valence-electron chi connectivity index (χ2n) is 2.41. The minimum atomic E-state index is 0.676. The largest absolute Gasteiger partial charge is 0.429 e. The molecule has 12 heavy (non-hydrogen) atoms. The number of fused-ring (bicyclic) bond motifs is 1. The van der Waals surface area contributed by atoms with Crippen LogP contribution in [0.4, 0.5) is 0 Å². The summed E-state index contributed by atoms with van der Waals surface area (Å²) in [6.07, 6.45) is 3.85. The summed E-state index contributed by atoms with van der Waals surface area (Å²) in [4.78, 5) is 4.13. The maximum absolute atomic E-state index is 5.24. The minimum absolute atomic E-state index is 0.676. The van der Waals surface area contributed by atoms with Gasteiger partial charge in [-0.3, -0.25) is 4.40 Å². The highest BCUT2D eigenvalue weighted by molar-refractivity contribution is 5.27. The zero-order valence-electron chi connectivity index (χ0n) is 7.96. The molecule has 66 valence electrons. The highest BCUT2D eigenvalue weighted by Crippen LogP contribution is 2.08. The van der Waals surface area contributed by atoms with Crippen molar-refractivity contribution in [3.63, 3.8) is 0 Å². The Morgan fingerprint density at radius 2 is 1.92 bits per heavy atom. The predicted molar refractivity (Wildman–Crippen MR) is 48.3 cm³/mol. The van der Waals surface area contributed by atoms with Gasteiger partial charge in [-0.25, -0.2) is 0 Å². The van der Waals surface area contributed by atoms with Crippen LogP contribution in [0.3, 0.4) is 0 Å². The molecular formula is C9H14N2O. The smallest absolute Gasteiger partial charge is 0.306 e. The first kappa shape index (κ1) is 8.84. The lowest BCUT2D eigenvalue weighted by atomic mass is 10.5. The molecule has 2 rings (SSSR count). The zero-order valence-corrected chi connectivity index (χ0v) is 7.96. The lowest BCUT2D eigenvalue weighted by molar-refractivity contribution is 0.562. The molecule has 0 atom stereocenters. The third-order valence-electron chi connectivity index (χ3n) is 1.39. The van der Waals surface area contributed by atoms with Gasteiger partial charge in [0.25, 0.3) is 0 Å². The van der Waals surface area contributed by atoms with Crippen LogP contribution in [0.5, 0.6) is 0 Å². The Hall–Kier alpha value is -1.25. The van der Waals surface area contributed by atoms with Crippen LogP contribution in [0.1, 0.15) is 25.3 Å². The Bertz CT molecular complexity index is 296. The van der Waals surface area contributed by atoms with Gasteiger partial charge in [0.2, 0.25) is 0 Å². The van der Waals surface area contributed by atoms with E-state index >= 15 is 0 Å². The van der Waals surface area contributed by atoms with E-state index in [9.17, 15) is 0 Å². The topological polar surface area (TPSA) is 30.4 Å². The first-order valence-corrected chi connectivity index (χ1v) is 4.17. The van der Waals surface area contributed by atoms with Crippen LogP contribution in [0.15, 0.2) is 16.8 Å². The average Bonchev–Trinajstić information content (AvgIpc) is 2.48. The van der Waals surface area contributed by atoms with Gasteiger partial charge >= 0.3 is 5.84 Å². The molecule has 0 N–H and O–H groups in total. The Balaban J connectivity index is 0.000000336. The molecule has 0 saturated heterocycles. The van der Waals surface area contributed by atoms with Crippen molar-refractivity contribution >= 4 is 5.84 Å². The number of imidazole rings is 1. The molecule has 0 radical (unpaired) electrons. The molecule has 3 heteroatoms. The van der Waals surface area contributed by atoms with Gasteiger partial charge in [-0.1, -0.05) is 13.8 Å². The third-order valence-corrected chi connectivity index (χ3v) is 1.39. The van der Waals surface area contributed by atoms with Gasteiger partial charge in [-0.2, -0.15) is 4.98 Å². The van der Waals surface area contributed by atoms with Gasteiger partial charge in [0.15, 0.2) is 0 Å². The highest BCUT2D eigenvalue weighted by Gasteiger charge is 2.00. The van der Waals surface area contributed by atoms with Crippen LogP contribution < -0.4 is 0 Å². The number of nitrogens with zero attached hydrogens (tertiary/aromatic N) is 2. The number of aryl methyl sites for hydroxylation is 2. The van der Waals surface area contributed by atoms with E-state index in [0.717, 1.165) is 11.5 Å². The SMILES string of the molecule is CC.Cc1cn2cc(C)oc2n1. The van der Waals surface area contributed by atoms with Crippen molar-refractivity contribution in [2.75, 3.05) is 0 Å². The van der Waals surface area contributed by atoms with E-state index in [1.165, 1.54) is 0 Å². The molecule has 3 nitrogen and oxygen atoms in total. The first-order chi connectivity index (χ1) is 5.75. The van der Waals surface area contributed by atoms with Gasteiger partial charge in [-0.15, -0.1) is 0 Å². The second-order valence-corrected chi connectivity index (χ2v) is 2.41. The van der Waals surface area contributed by atoms with Gasteiger partial charge < -0.3 is 4.42 Å². The summed E-state index contributed by atoms with van der Waals surface area (Å²) < 4.78 is 7.12. The van der Waals surface area contributed by atoms with E-state index in [-0.39, 0.29) is 0 Å². The number of aromatic nitrogens is 2. The maximum Gasteiger partial charge on any atom is 0.306 e. The standard InChI is InChI=1S/C7H8N2O.C2H6/c1-5-3-9-4-6(2)10-7(9)8-5;1-2/h3-4H,1-2H3;1-2H3. The fraction of sp³-hybridized carbons (Fsp3) is 0.444. The molecule has 0 spiro atoms. The molecule has 0 aliphatic heterocycles. The van der Waals surface area contributed by atoms with E-state index in [1.807, 2.05) is 44.5 Å². The number of oxazole rings is 1. The van der Waals surface area contributed by atoms with E-state index in [2.05, 4.69) is 4.98 Å². The Morgan fingerprint density at radius 3 is 2.50 bits per heavy atom. The quantitative estimate of drug-likeness (QED) is 0.602. The van der Waals surface area contributed by atoms with Gasteiger partial charge in [-0.05, 0) is 13.8 Å². The Kier molecular flexibility index (Phi) is 2.53. The summed E-state index contributed by atoms with van der Waals surface area (Å²) in [7, 11) is 0. The second kappa shape index (κ2) is 3.43. The minimum Gasteiger partial charge on any atom is -0.429 e. The molecular weight excluding hydrogens is 152 g/mol. The van der Waals surface area contributed by atoms with Gasteiger partial charge in [0.1, 0.15) is 5.76 Å². The van der Waals surface area contributed by atoms with E-state index < -0.39 is 0 Å². The maximum atomic E-state index is 5.24. The summed E-state index contributed by atoms with van der Waals surface area (Å²) in [5, 5.41) is 0. The summed E-state index contributed by atoms with van der Waals surface area (Å²) in [5.41, 5.74) is 0.985. The summed E-state index contributed by atoms with van der Waals surface area (Å²) in [5.74, 6) is 1.57. The normalized spacial score (nSPS) is 9.67. The van der Waals surface area contributed by atoms with Crippen molar-refractivity contribution in [3.8, 4) is 0 Å². The summed E-state index contributed by atoms with van der Waals surface area (Å²) in [6.45, 7) is 7.85. The summed E-state index contributed by atoms with van der Waals surface area (Å²) >= 11 is 0. The molecule has 0 saturated carbocycles. The molecule has 0 amide bonds. The molecule has 0 aliphatic rings. The molecule has 0 aromatic carbocycles. The van der Waals surface area contributed by atoms with Crippen LogP contribution in [0, 0.1) is 13.8 Å². The fourth-order valence-corrected chi connectivity index (χ4v) is 1.03.